The number of nitrogens with zero attached hydrogens (tertiary/aromatic N) is 5. The lowest BCUT2D eigenvalue weighted by Gasteiger charge is -2.29. The molecule has 0 saturated carbocycles. The van der Waals surface area contributed by atoms with Crippen molar-refractivity contribution in [2.24, 2.45) is 0 Å². The molecule has 0 aliphatic carbocycles. The SMILES string of the molecule is O=S(=O)(c1cccc(N2C=CC=C(c3ccnn3-c3ccnc4cc(Cl)ccc34)N2)c1)N1CCCCC1. The van der Waals surface area contributed by atoms with E-state index in [0.29, 0.717) is 23.0 Å². The van der Waals surface area contributed by atoms with E-state index in [9.17, 15) is 8.42 Å². The zero-order valence-corrected chi connectivity index (χ0v) is 21.5. The average molecular weight is 533 g/mol. The molecule has 2 aliphatic rings. The fourth-order valence-corrected chi connectivity index (χ4v) is 6.48. The number of anilines is 1. The van der Waals surface area contributed by atoms with Gasteiger partial charge in [-0.3, -0.25) is 15.4 Å². The zero-order valence-electron chi connectivity index (χ0n) is 20.0. The second-order valence-electron chi connectivity index (χ2n) is 8.99. The Bertz CT molecular complexity index is 1640. The summed E-state index contributed by atoms with van der Waals surface area (Å²) >= 11 is 6.17. The zero-order chi connectivity index (χ0) is 25.4. The summed E-state index contributed by atoms with van der Waals surface area (Å²) in [6.07, 6.45) is 12.1. The average Bonchev–Trinajstić information content (AvgIpc) is 3.43. The van der Waals surface area contributed by atoms with Crippen LogP contribution in [0.15, 0.2) is 90.2 Å². The molecule has 0 spiro atoms. The van der Waals surface area contributed by atoms with Crippen LogP contribution in [0.2, 0.25) is 5.02 Å². The van der Waals surface area contributed by atoms with Gasteiger partial charge in [0.15, 0.2) is 0 Å². The Labute approximate surface area is 220 Å². The Morgan fingerprint density at radius 3 is 2.68 bits per heavy atom. The quantitative estimate of drug-likeness (QED) is 0.384. The number of hydrogen-bond donors (Lipinski definition) is 1. The van der Waals surface area contributed by atoms with E-state index >= 15 is 0 Å². The van der Waals surface area contributed by atoms with Crippen molar-refractivity contribution in [1.29, 1.82) is 0 Å². The molecule has 0 atom stereocenters. The van der Waals surface area contributed by atoms with Crippen LogP contribution in [-0.4, -0.2) is 40.6 Å². The molecule has 2 aromatic heterocycles. The van der Waals surface area contributed by atoms with Crippen molar-refractivity contribution < 1.29 is 8.42 Å². The molecule has 0 amide bonds. The number of hydrazine groups is 1. The van der Waals surface area contributed by atoms with E-state index in [1.807, 2.05) is 64.4 Å². The maximum absolute atomic E-state index is 13.2. The predicted octanol–water partition coefficient (Wildman–Crippen LogP) is 5.13. The smallest absolute Gasteiger partial charge is 0.243 e. The molecule has 10 heteroatoms. The molecule has 1 saturated heterocycles. The molecule has 6 rings (SSSR count). The first-order chi connectivity index (χ1) is 18.0. The predicted molar refractivity (Wildman–Crippen MR) is 146 cm³/mol. The largest absolute Gasteiger partial charge is 0.292 e. The van der Waals surface area contributed by atoms with E-state index in [0.717, 1.165) is 52.9 Å². The van der Waals surface area contributed by atoms with E-state index in [1.165, 1.54) is 0 Å². The minimum absolute atomic E-state index is 0.296. The Balaban J connectivity index is 1.30. The van der Waals surface area contributed by atoms with Crippen LogP contribution in [0.3, 0.4) is 0 Å². The highest BCUT2D eigenvalue weighted by Gasteiger charge is 2.26. The topological polar surface area (TPSA) is 83.4 Å². The number of hydrogen-bond acceptors (Lipinski definition) is 6. The number of aromatic nitrogens is 3. The molecule has 2 aromatic carbocycles. The van der Waals surface area contributed by atoms with Crippen LogP contribution in [0.1, 0.15) is 25.0 Å². The van der Waals surface area contributed by atoms with Crippen LogP contribution in [0.4, 0.5) is 5.69 Å². The van der Waals surface area contributed by atoms with E-state index < -0.39 is 10.0 Å². The second kappa shape index (κ2) is 9.66. The normalized spacial score (nSPS) is 16.6. The Kier molecular flexibility index (Phi) is 6.19. The molecule has 2 aliphatic heterocycles. The molecular formula is C27H25ClN6O2S. The Morgan fingerprint density at radius 1 is 0.946 bits per heavy atom. The van der Waals surface area contributed by atoms with Gasteiger partial charge in [-0.25, -0.2) is 13.1 Å². The van der Waals surface area contributed by atoms with Crippen molar-refractivity contribution in [2.45, 2.75) is 24.2 Å². The molecule has 0 bridgehead atoms. The van der Waals surface area contributed by atoms with Crippen LogP contribution >= 0.6 is 11.6 Å². The van der Waals surface area contributed by atoms with Gasteiger partial charge in [0.1, 0.15) is 0 Å². The van der Waals surface area contributed by atoms with Crippen molar-refractivity contribution >= 4 is 43.9 Å². The first-order valence-corrected chi connectivity index (χ1v) is 14.0. The highest BCUT2D eigenvalue weighted by atomic mass is 35.5. The lowest BCUT2D eigenvalue weighted by atomic mass is 10.1. The van der Waals surface area contributed by atoms with Gasteiger partial charge in [0.05, 0.1) is 39.4 Å². The van der Waals surface area contributed by atoms with Gasteiger partial charge in [-0.2, -0.15) is 9.40 Å². The summed E-state index contributed by atoms with van der Waals surface area (Å²) in [4.78, 5) is 4.74. The Morgan fingerprint density at radius 2 is 1.81 bits per heavy atom. The molecular weight excluding hydrogens is 508 g/mol. The lowest BCUT2D eigenvalue weighted by Crippen LogP contribution is -2.36. The number of halogens is 1. The van der Waals surface area contributed by atoms with Crippen LogP contribution in [0.5, 0.6) is 0 Å². The number of piperidine rings is 1. The van der Waals surface area contributed by atoms with E-state index in [-0.39, 0.29) is 0 Å². The van der Waals surface area contributed by atoms with Gasteiger partial charge in [-0.05, 0) is 73.5 Å². The minimum atomic E-state index is -3.54. The van der Waals surface area contributed by atoms with Crippen molar-refractivity contribution in [2.75, 3.05) is 18.1 Å². The van der Waals surface area contributed by atoms with Crippen LogP contribution in [0, 0.1) is 0 Å². The first-order valence-electron chi connectivity index (χ1n) is 12.1. The fraction of sp³-hybridized carbons (Fsp3) is 0.185. The van der Waals surface area contributed by atoms with Gasteiger partial charge in [0.2, 0.25) is 10.0 Å². The number of fused-ring (bicyclic) bond motifs is 1. The van der Waals surface area contributed by atoms with E-state index in [4.69, 9.17) is 11.6 Å². The summed E-state index contributed by atoms with van der Waals surface area (Å²) < 4.78 is 29.9. The summed E-state index contributed by atoms with van der Waals surface area (Å²) in [5.74, 6) is 0. The Hall–Kier alpha value is -3.66. The molecule has 4 aromatic rings. The molecule has 0 radical (unpaired) electrons. The number of benzene rings is 2. The van der Waals surface area contributed by atoms with Crippen LogP contribution < -0.4 is 10.4 Å². The van der Waals surface area contributed by atoms with Crippen LogP contribution in [0.25, 0.3) is 22.3 Å². The van der Waals surface area contributed by atoms with Gasteiger partial charge in [0, 0.05) is 35.9 Å². The minimum Gasteiger partial charge on any atom is -0.292 e. The monoisotopic (exact) mass is 532 g/mol. The lowest BCUT2D eigenvalue weighted by molar-refractivity contribution is 0.346. The number of sulfonamides is 1. The number of allylic oxidation sites excluding steroid dienone is 2. The van der Waals surface area contributed by atoms with Crippen molar-refractivity contribution in [1.82, 2.24) is 24.5 Å². The third kappa shape index (κ3) is 4.50. The summed E-state index contributed by atoms with van der Waals surface area (Å²) in [6, 6.07) is 16.5. The molecule has 4 heterocycles. The maximum atomic E-state index is 13.2. The molecule has 0 unspecified atom stereocenters. The van der Waals surface area contributed by atoms with Crippen molar-refractivity contribution in [3.05, 3.63) is 96.1 Å². The summed E-state index contributed by atoms with van der Waals surface area (Å²) in [6.45, 7) is 1.14. The van der Waals surface area contributed by atoms with Crippen LogP contribution in [-0.2, 0) is 10.0 Å². The summed E-state index contributed by atoms with van der Waals surface area (Å²) in [7, 11) is -3.54. The third-order valence-corrected chi connectivity index (χ3v) is 8.75. The third-order valence-electron chi connectivity index (χ3n) is 6.62. The fourth-order valence-electron chi connectivity index (χ4n) is 4.76. The number of pyridine rings is 1. The van der Waals surface area contributed by atoms with Gasteiger partial charge in [-0.1, -0.05) is 24.1 Å². The number of rotatable bonds is 5. The van der Waals surface area contributed by atoms with E-state index in [2.05, 4.69) is 15.5 Å². The van der Waals surface area contributed by atoms with Gasteiger partial charge in [0.25, 0.3) is 0 Å². The summed E-state index contributed by atoms with van der Waals surface area (Å²) in [5, 5.41) is 7.94. The first kappa shape index (κ1) is 23.7. The molecule has 1 fully saturated rings. The molecule has 188 valence electrons. The molecule has 1 N–H and O–H groups in total. The maximum Gasteiger partial charge on any atom is 0.243 e. The van der Waals surface area contributed by atoms with Crippen molar-refractivity contribution in [3.63, 3.8) is 0 Å². The standard InChI is InChI=1S/C27H25ClN6O2S/c28-20-9-10-23-25(18-20)29-13-11-26(23)34-27(12-14-30-34)24-8-5-17-33(31-24)21-6-4-7-22(19-21)37(35,36)32-15-2-1-3-16-32/h4-14,17-19,31H,1-3,15-16H2. The highest BCUT2D eigenvalue weighted by Crippen LogP contribution is 2.29. The van der Waals surface area contributed by atoms with E-state index in [1.54, 1.807) is 34.9 Å². The second-order valence-corrected chi connectivity index (χ2v) is 11.4. The van der Waals surface area contributed by atoms with Gasteiger partial charge >= 0.3 is 0 Å². The number of nitrogens with one attached hydrogen (secondary N) is 1. The summed E-state index contributed by atoms with van der Waals surface area (Å²) in [5.41, 5.74) is 7.42. The van der Waals surface area contributed by atoms with Gasteiger partial charge < -0.3 is 0 Å². The molecule has 8 nitrogen and oxygen atoms in total. The van der Waals surface area contributed by atoms with Crippen molar-refractivity contribution in [3.8, 4) is 5.69 Å². The molecule has 37 heavy (non-hydrogen) atoms. The highest BCUT2D eigenvalue weighted by molar-refractivity contribution is 7.89. The van der Waals surface area contributed by atoms with Gasteiger partial charge in [-0.15, -0.1) is 0 Å².